The molecule has 4 N–H and O–H groups in total. The van der Waals surface area contributed by atoms with E-state index in [4.69, 9.17) is 16.0 Å². The largest absolute Gasteiger partial charge is 0.409 e. The van der Waals surface area contributed by atoms with Crippen molar-refractivity contribution in [2.24, 2.45) is 10.9 Å². The molecule has 1 saturated carbocycles. The predicted octanol–water partition coefficient (Wildman–Crippen LogP) is 0.621. The molecule has 0 saturated heterocycles. The Morgan fingerprint density at radius 1 is 1.50 bits per heavy atom. The molecule has 1 aliphatic rings. The van der Waals surface area contributed by atoms with Crippen LogP contribution in [0.25, 0.3) is 0 Å². The maximum absolute atomic E-state index is 9.03. The third-order valence-electron chi connectivity index (χ3n) is 3.54. The highest BCUT2D eigenvalue weighted by molar-refractivity contribution is 5.95. The maximum atomic E-state index is 9.03. The molecule has 1 heterocycles. The normalized spacial score (nSPS) is 16.0. The number of aromatic nitrogens is 2. The number of nitrogens with zero attached hydrogens (tertiary/aromatic N) is 4. The first-order chi connectivity index (χ1) is 9.65. The molecule has 7 heteroatoms. The second-order valence-corrected chi connectivity index (χ2v) is 5.04. The number of oxime groups is 1. The fraction of sp³-hybridized carbons (Fsp3) is 0.615. The lowest BCUT2D eigenvalue weighted by Gasteiger charge is -2.37. The number of hydrogen-bond donors (Lipinski definition) is 3. The summed E-state index contributed by atoms with van der Waals surface area (Å²) in [7, 11) is 0. The number of aryl methyl sites for hydroxylation is 1. The van der Waals surface area contributed by atoms with Gasteiger partial charge in [0.25, 0.3) is 0 Å². The second-order valence-electron chi connectivity index (χ2n) is 5.04. The van der Waals surface area contributed by atoms with Gasteiger partial charge in [0.15, 0.2) is 5.84 Å². The van der Waals surface area contributed by atoms with Gasteiger partial charge in [-0.2, -0.15) is 0 Å². The zero-order valence-electron chi connectivity index (χ0n) is 11.7. The number of rotatable bonds is 6. The Labute approximate surface area is 118 Å². The van der Waals surface area contributed by atoms with Crippen molar-refractivity contribution >= 4 is 11.8 Å². The summed E-state index contributed by atoms with van der Waals surface area (Å²) in [6, 6.07) is 2.10. The van der Waals surface area contributed by atoms with Crippen LogP contribution < -0.4 is 10.6 Å². The average molecular weight is 279 g/mol. The van der Waals surface area contributed by atoms with Gasteiger partial charge in [-0.25, -0.2) is 9.97 Å². The third-order valence-corrected chi connectivity index (χ3v) is 3.54. The van der Waals surface area contributed by atoms with E-state index in [2.05, 4.69) is 20.0 Å². The van der Waals surface area contributed by atoms with Gasteiger partial charge in [0.2, 0.25) is 5.95 Å². The molecule has 20 heavy (non-hydrogen) atoms. The predicted molar refractivity (Wildman–Crippen MR) is 76.0 cm³/mol. The number of aliphatic hydroxyl groups excluding tert-OH is 1. The van der Waals surface area contributed by atoms with E-state index in [1.54, 1.807) is 6.07 Å². The van der Waals surface area contributed by atoms with E-state index in [1.165, 1.54) is 6.42 Å². The quantitative estimate of drug-likeness (QED) is 0.305. The molecule has 7 nitrogen and oxygen atoms in total. The van der Waals surface area contributed by atoms with Gasteiger partial charge in [0, 0.05) is 24.9 Å². The summed E-state index contributed by atoms with van der Waals surface area (Å²) in [5.74, 6) is 0.567. The van der Waals surface area contributed by atoms with Gasteiger partial charge in [0.05, 0.1) is 0 Å². The van der Waals surface area contributed by atoms with Gasteiger partial charge >= 0.3 is 0 Å². The zero-order valence-corrected chi connectivity index (χ0v) is 11.7. The van der Waals surface area contributed by atoms with Crippen molar-refractivity contribution in [1.29, 1.82) is 0 Å². The number of anilines is 1. The Morgan fingerprint density at radius 2 is 2.25 bits per heavy atom. The first kappa shape index (κ1) is 14.5. The average Bonchev–Trinajstić information content (AvgIpc) is 2.39. The minimum absolute atomic E-state index is 0.0209. The van der Waals surface area contributed by atoms with Gasteiger partial charge in [-0.05, 0) is 38.7 Å². The van der Waals surface area contributed by atoms with E-state index in [-0.39, 0.29) is 12.4 Å². The lowest BCUT2D eigenvalue weighted by atomic mass is 9.91. The first-order valence-electron chi connectivity index (χ1n) is 6.86. The second kappa shape index (κ2) is 6.51. The van der Waals surface area contributed by atoms with Crippen molar-refractivity contribution < 1.29 is 10.3 Å². The van der Waals surface area contributed by atoms with E-state index in [0.717, 1.165) is 18.5 Å². The molecule has 0 aromatic carbocycles. The van der Waals surface area contributed by atoms with Gasteiger partial charge in [-0.3, -0.25) is 0 Å². The van der Waals surface area contributed by atoms with Crippen molar-refractivity contribution in [2.75, 3.05) is 18.1 Å². The van der Waals surface area contributed by atoms with E-state index in [9.17, 15) is 0 Å². The molecular formula is C13H21N5O2. The molecule has 0 atom stereocenters. The first-order valence-corrected chi connectivity index (χ1v) is 6.86. The Hall–Kier alpha value is -1.89. The molecule has 0 spiro atoms. The fourth-order valence-corrected chi connectivity index (χ4v) is 2.25. The van der Waals surface area contributed by atoms with Crippen LogP contribution in [0, 0.1) is 6.92 Å². The van der Waals surface area contributed by atoms with Crippen LogP contribution in [-0.2, 0) is 0 Å². The third kappa shape index (κ3) is 3.16. The minimum Gasteiger partial charge on any atom is -0.409 e. The van der Waals surface area contributed by atoms with Crippen molar-refractivity contribution in [3.63, 3.8) is 0 Å². The standard InChI is InChI=1S/C13H21N5O2/c1-9-8-11(12(14)17-20)16-13(15-9)18(6-3-7-19)10-4-2-5-10/h8,10,19-20H,2-7H2,1H3,(H2,14,17). The lowest BCUT2D eigenvalue weighted by Crippen LogP contribution is -2.42. The fourth-order valence-electron chi connectivity index (χ4n) is 2.25. The summed E-state index contributed by atoms with van der Waals surface area (Å²) in [6.45, 7) is 2.70. The molecule has 1 aliphatic carbocycles. The van der Waals surface area contributed by atoms with E-state index in [1.807, 2.05) is 6.92 Å². The Morgan fingerprint density at radius 3 is 2.80 bits per heavy atom. The topological polar surface area (TPSA) is 108 Å². The minimum atomic E-state index is -0.0209. The molecule has 0 radical (unpaired) electrons. The molecule has 2 rings (SSSR count). The van der Waals surface area contributed by atoms with Crippen molar-refractivity contribution in [3.05, 3.63) is 17.5 Å². The molecule has 1 aromatic heterocycles. The van der Waals surface area contributed by atoms with Crippen LogP contribution in [-0.4, -0.2) is 45.3 Å². The summed E-state index contributed by atoms with van der Waals surface area (Å²) in [6.07, 6.45) is 4.11. The van der Waals surface area contributed by atoms with Crippen LogP contribution in [0.5, 0.6) is 0 Å². The molecule has 110 valence electrons. The smallest absolute Gasteiger partial charge is 0.226 e. The Kier molecular flexibility index (Phi) is 4.73. The van der Waals surface area contributed by atoms with Crippen LogP contribution >= 0.6 is 0 Å². The van der Waals surface area contributed by atoms with Crippen LogP contribution in [0.2, 0.25) is 0 Å². The van der Waals surface area contributed by atoms with E-state index < -0.39 is 0 Å². The Bertz CT molecular complexity index is 488. The number of hydrogen-bond acceptors (Lipinski definition) is 6. The Balaban J connectivity index is 2.29. The highest BCUT2D eigenvalue weighted by atomic mass is 16.4. The molecule has 0 aliphatic heterocycles. The van der Waals surface area contributed by atoms with E-state index >= 15 is 0 Å². The highest BCUT2D eigenvalue weighted by Crippen LogP contribution is 2.28. The van der Waals surface area contributed by atoms with Crippen molar-refractivity contribution in [2.45, 2.75) is 38.6 Å². The SMILES string of the molecule is Cc1cc(/C(N)=N/O)nc(N(CCCO)C2CCC2)n1. The number of nitrogens with two attached hydrogens (primary N) is 1. The lowest BCUT2D eigenvalue weighted by molar-refractivity contribution is 0.282. The van der Waals surface area contributed by atoms with Crippen molar-refractivity contribution in [1.82, 2.24) is 9.97 Å². The molecule has 0 bridgehead atoms. The van der Waals surface area contributed by atoms with Gasteiger partial charge in [-0.15, -0.1) is 0 Å². The molecular weight excluding hydrogens is 258 g/mol. The number of amidine groups is 1. The summed E-state index contributed by atoms with van der Waals surface area (Å²) in [5.41, 5.74) is 6.79. The van der Waals surface area contributed by atoms with Crippen molar-refractivity contribution in [3.8, 4) is 0 Å². The zero-order chi connectivity index (χ0) is 14.5. The highest BCUT2D eigenvalue weighted by Gasteiger charge is 2.27. The number of aliphatic hydroxyl groups is 1. The van der Waals surface area contributed by atoms with Gasteiger partial charge < -0.3 is 20.9 Å². The molecule has 0 amide bonds. The van der Waals surface area contributed by atoms with Crippen LogP contribution in [0.3, 0.4) is 0 Å². The van der Waals surface area contributed by atoms with Crippen LogP contribution in [0.1, 0.15) is 37.1 Å². The molecule has 0 unspecified atom stereocenters. The summed E-state index contributed by atoms with van der Waals surface area (Å²) < 4.78 is 0. The summed E-state index contributed by atoms with van der Waals surface area (Å²) >= 11 is 0. The maximum Gasteiger partial charge on any atom is 0.226 e. The van der Waals surface area contributed by atoms with E-state index in [0.29, 0.717) is 30.6 Å². The monoisotopic (exact) mass is 279 g/mol. The summed E-state index contributed by atoms with van der Waals surface area (Å²) in [4.78, 5) is 10.9. The molecule has 1 aromatic rings. The van der Waals surface area contributed by atoms with Gasteiger partial charge in [-0.1, -0.05) is 5.16 Å². The van der Waals surface area contributed by atoms with Crippen LogP contribution in [0.15, 0.2) is 11.2 Å². The van der Waals surface area contributed by atoms with Crippen LogP contribution in [0.4, 0.5) is 5.95 Å². The van der Waals surface area contributed by atoms with Gasteiger partial charge in [0.1, 0.15) is 5.69 Å². The summed E-state index contributed by atoms with van der Waals surface area (Å²) in [5, 5.41) is 20.8. The molecule has 1 fully saturated rings.